The molecule has 0 aliphatic carbocycles. The average Bonchev–Trinajstić information content (AvgIpc) is 3.74. The van der Waals surface area contributed by atoms with Crippen LogP contribution in [0, 0.1) is 14.3 Å². The molecule has 6 aromatic rings. The molecule has 0 spiro atoms. The van der Waals surface area contributed by atoms with Crippen LogP contribution in [0.25, 0.3) is 17.1 Å². The molecule has 0 unspecified atom stereocenters. The molecule has 0 saturated carbocycles. The Morgan fingerprint density at radius 2 is 0.667 bits per heavy atom. The maximum atomic E-state index is 7.00. The van der Waals surface area contributed by atoms with Gasteiger partial charge in [-0.1, -0.05) is 54.6 Å². The van der Waals surface area contributed by atoms with Gasteiger partial charge in [-0.25, -0.2) is 0 Å². The van der Waals surface area contributed by atoms with Crippen LogP contribution in [0.15, 0.2) is 128 Å². The van der Waals surface area contributed by atoms with Crippen LogP contribution >= 0.6 is 36.7 Å². The Morgan fingerprint density at radius 1 is 0.429 bits per heavy atom. The summed E-state index contributed by atoms with van der Waals surface area (Å²) in [4.78, 5) is 0. The molecule has 0 amide bonds. The third-order valence-corrected chi connectivity index (χ3v) is 7.48. The Hall–Kier alpha value is -3.07. The summed E-state index contributed by atoms with van der Waals surface area (Å²) in [5, 5.41) is 14.0. The molecular formula is C29H29BN6NaO2S3. The van der Waals surface area contributed by atoms with E-state index in [1.54, 1.807) is 0 Å². The predicted molar refractivity (Wildman–Crippen MR) is 172 cm³/mol. The fourth-order valence-electron chi connectivity index (χ4n) is 4.46. The molecule has 13 heteroatoms. The van der Waals surface area contributed by atoms with Crippen molar-refractivity contribution in [1.29, 1.82) is 0 Å². The van der Waals surface area contributed by atoms with E-state index in [4.69, 9.17) is 46.9 Å². The van der Waals surface area contributed by atoms with Crippen molar-refractivity contribution < 1.29 is 39.8 Å². The zero-order chi connectivity index (χ0) is 29.4. The largest absolute Gasteiger partial charge is 1.00 e. The molecule has 0 aliphatic rings. The van der Waals surface area contributed by atoms with Gasteiger partial charge in [0, 0.05) is 49.9 Å². The first kappa shape index (κ1) is 33.4. The molecule has 2 N–H and O–H groups in total. The SMILES string of the molecule is CO.CO.S=c1n([B-](n2ccn(-c3ccccc3)c2=S)n2ccn(-c3ccccc3)c2=S)ccn1-c1ccccc1.[Na+]. The average molecular weight is 624 g/mol. The maximum absolute atomic E-state index is 7.00. The minimum atomic E-state index is -0.451. The molecule has 3 heterocycles. The van der Waals surface area contributed by atoms with Gasteiger partial charge in [0.1, 0.15) is 14.3 Å². The molecule has 8 nitrogen and oxygen atoms in total. The van der Waals surface area contributed by atoms with Crippen molar-refractivity contribution in [2.24, 2.45) is 0 Å². The van der Waals surface area contributed by atoms with Gasteiger partial charge in [-0.15, -0.1) is 0 Å². The van der Waals surface area contributed by atoms with E-state index in [1.807, 2.05) is 155 Å². The van der Waals surface area contributed by atoms with E-state index >= 15 is 0 Å². The van der Waals surface area contributed by atoms with Crippen molar-refractivity contribution in [2.75, 3.05) is 14.2 Å². The number of imidazole rings is 3. The van der Waals surface area contributed by atoms with Gasteiger partial charge in [-0.2, -0.15) is 0 Å². The standard InChI is InChI=1S/C27H21BN6S3.2CH4O.Na/c35-25-29(22-10-4-1-5-11-22)16-19-32(25)28(33-20-17-30(26(33)36)23-12-6-2-7-13-23)34-21-18-31(27(34)37)24-14-8-3-9-15-24;2*1-2;/h1-21H;2*2H,1H3;/q-1;;;+1. The van der Waals surface area contributed by atoms with E-state index in [2.05, 4.69) is 0 Å². The van der Waals surface area contributed by atoms with Gasteiger partial charge >= 0.3 is 29.6 Å². The molecule has 0 aliphatic heterocycles. The number of benzene rings is 3. The summed E-state index contributed by atoms with van der Waals surface area (Å²) < 4.78 is 13.9. The predicted octanol–water partition coefficient (Wildman–Crippen LogP) is 2.80. The topological polar surface area (TPSA) is 70.0 Å². The Balaban J connectivity index is 0.000000929. The zero-order valence-electron chi connectivity index (χ0n) is 23.5. The number of aromatic nitrogens is 6. The van der Waals surface area contributed by atoms with Crippen LogP contribution in [0.1, 0.15) is 0 Å². The van der Waals surface area contributed by atoms with E-state index in [0.717, 1.165) is 31.3 Å². The van der Waals surface area contributed by atoms with Gasteiger partial charge in [0.15, 0.2) is 0 Å². The van der Waals surface area contributed by atoms with Crippen LogP contribution in [0.4, 0.5) is 0 Å². The van der Waals surface area contributed by atoms with Crippen molar-refractivity contribution in [3.05, 3.63) is 142 Å². The van der Waals surface area contributed by atoms with Crippen LogP contribution < -0.4 is 29.6 Å². The van der Waals surface area contributed by atoms with Crippen LogP contribution in [-0.4, -0.2) is 58.7 Å². The number of nitrogens with zero attached hydrogens (tertiary/aromatic N) is 6. The maximum Gasteiger partial charge on any atom is 1.00 e. The minimum Gasteiger partial charge on any atom is -0.483 e. The van der Waals surface area contributed by atoms with Crippen molar-refractivity contribution in [1.82, 2.24) is 27.1 Å². The fourth-order valence-corrected chi connectivity index (χ4v) is 5.42. The number of para-hydroxylation sites is 3. The van der Waals surface area contributed by atoms with E-state index in [1.165, 1.54) is 0 Å². The Kier molecular flexibility index (Phi) is 12.7. The molecular weight excluding hydrogens is 594 g/mol. The second-order valence-corrected chi connectivity index (χ2v) is 9.52. The molecule has 1 radical (unpaired) electrons. The van der Waals surface area contributed by atoms with Gasteiger partial charge in [0.25, 0.3) is 0 Å². The number of rotatable bonds is 6. The third-order valence-electron chi connectivity index (χ3n) is 6.26. The summed E-state index contributed by atoms with van der Waals surface area (Å²) in [7, 11) is 1.55. The monoisotopic (exact) mass is 623 g/mol. The quantitative estimate of drug-likeness (QED) is 0.221. The summed E-state index contributed by atoms with van der Waals surface area (Å²) in [5.74, 6) is 0. The van der Waals surface area contributed by atoms with E-state index in [-0.39, 0.29) is 29.6 Å². The number of hydrogen-bond donors (Lipinski definition) is 2. The smallest absolute Gasteiger partial charge is 0.483 e. The minimum absolute atomic E-state index is 0. The summed E-state index contributed by atoms with van der Waals surface area (Å²) in [6.45, 7) is 0. The van der Waals surface area contributed by atoms with E-state index in [0.29, 0.717) is 14.3 Å². The van der Waals surface area contributed by atoms with Crippen molar-refractivity contribution in [2.45, 2.75) is 0 Å². The van der Waals surface area contributed by atoms with Crippen molar-refractivity contribution in [3.8, 4) is 17.1 Å². The molecule has 6 rings (SSSR count). The molecule has 3 aromatic heterocycles. The summed E-state index contributed by atoms with van der Waals surface area (Å²) in [6, 6.07) is 30.2. The number of aliphatic hydroxyl groups excluding tert-OH is 2. The fraction of sp³-hybridized carbons (Fsp3) is 0.0690. The third kappa shape index (κ3) is 6.77. The molecule has 42 heavy (non-hydrogen) atoms. The van der Waals surface area contributed by atoms with Gasteiger partial charge in [0.2, 0.25) is 7.12 Å². The summed E-state index contributed by atoms with van der Waals surface area (Å²) in [6.07, 6.45) is 11.8. The molecule has 209 valence electrons. The summed E-state index contributed by atoms with van der Waals surface area (Å²) in [5.41, 5.74) is 2.96. The second-order valence-electron chi connectivity index (χ2n) is 8.43. The van der Waals surface area contributed by atoms with E-state index < -0.39 is 7.12 Å². The summed E-state index contributed by atoms with van der Waals surface area (Å²) >= 11 is 18.0. The van der Waals surface area contributed by atoms with Crippen molar-refractivity contribution >= 4 is 43.8 Å². The van der Waals surface area contributed by atoms with Crippen LogP contribution in [0.5, 0.6) is 0 Å². The Morgan fingerprint density at radius 3 is 0.905 bits per heavy atom. The Labute approximate surface area is 282 Å². The van der Waals surface area contributed by atoms with Crippen LogP contribution in [-0.2, 0) is 0 Å². The molecule has 3 aromatic carbocycles. The molecule has 0 atom stereocenters. The van der Waals surface area contributed by atoms with Crippen LogP contribution in [0.2, 0.25) is 0 Å². The first-order valence-electron chi connectivity index (χ1n) is 12.6. The first-order valence-corrected chi connectivity index (χ1v) is 13.8. The van der Waals surface area contributed by atoms with Crippen LogP contribution in [0.3, 0.4) is 0 Å². The molecule has 0 saturated heterocycles. The first-order chi connectivity index (χ1) is 20.1. The van der Waals surface area contributed by atoms with Gasteiger partial charge < -0.3 is 23.6 Å². The van der Waals surface area contributed by atoms with Gasteiger partial charge in [-0.3, -0.25) is 13.7 Å². The van der Waals surface area contributed by atoms with E-state index in [9.17, 15) is 0 Å². The zero-order valence-corrected chi connectivity index (χ0v) is 28.0. The normalized spacial score (nSPS) is 10.2. The van der Waals surface area contributed by atoms with Crippen molar-refractivity contribution in [3.63, 3.8) is 0 Å². The van der Waals surface area contributed by atoms with Gasteiger partial charge in [0.05, 0.1) is 0 Å². The second kappa shape index (κ2) is 16.0. The number of hydrogen-bond acceptors (Lipinski definition) is 5. The molecule has 0 bridgehead atoms. The van der Waals surface area contributed by atoms with Gasteiger partial charge in [-0.05, 0) is 91.6 Å². The number of aliphatic hydroxyl groups is 2. The Bertz CT molecular complexity index is 1640. The molecule has 0 fully saturated rings.